The summed E-state index contributed by atoms with van der Waals surface area (Å²) in [7, 11) is 0. The van der Waals surface area contributed by atoms with Crippen LogP contribution in [0.15, 0.2) is 18.6 Å². The number of likely N-dealkylation sites (tertiary alicyclic amines) is 1. The fourth-order valence-corrected chi connectivity index (χ4v) is 3.27. The van der Waals surface area contributed by atoms with Gasteiger partial charge in [-0.25, -0.2) is 4.98 Å². The monoisotopic (exact) mass is 305 g/mol. The highest BCUT2D eigenvalue weighted by atomic mass is 16.5. The van der Waals surface area contributed by atoms with Crippen LogP contribution in [0.2, 0.25) is 0 Å². The van der Waals surface area contributed by atoms with E-state index in [4.69, 9.17) is 4.74 Å². The van der Waals surface area contributed by atoms with Crippen molar-refractivity contribution >= 4 is 5.91 Å². The maximum Gasteiger partial charge on any atom is 0.232 e. The Kier molecular flexibility index (Phi) is 4.54. The van der Waals surface area contributed by atoms with Crippen molar-refractivity contribution in [2.24, 2.45) is 5.92 Å². The maximum absolute atomic E-state index is 12.8. The zero-order chi connectivity index (χ0) is 15.5. The molecule has 0 saturated carbocycles. The van der Waals surface area contributed by atoms with Crippen molar-refractivity contribution in [2.75, 3.05) is 13.1 Å². The molecule has 3 rings (SSSR count). The van der Waals surface area contributed by atoms with Gasteiger partial charge in [-0.05, 0) is 26.7 Å². The van der Waals surface area contributed by atoms with Crippen LogP contribution in [0.3, 0.4) is 0 Å². The zero-order valence-corrected chi connectivity index (χ0v) is 13.0. The molecule has 3 atom stereocenters. The Morgan fingerprint density at radius 2 is 2.09 bits per heavy atom. The second-order valence-electron chi connectivity index (χ2n) is 6.10. The van der Waals surface area contributed by atoms with E-state index in [1.54, 1.807) is 18.6 Å². The van der Waals surface area contributed by atoms with Gasteiger partial charge in [-0.2, -0.15) is 0 Å². The van der Waals surface area contributed by atoms with Crippen LogP contribution in [-0.2, 0) is 4.79 Å². The normalized spacial score (nSPS) is 32.0. The number of aromatic nitrogens is 2. The number of hydrogen-bond acceptors (Lipinski definition) is 6. The zero-order valence-electron chi connectivity index (χ0n) is 13.0. The molecule has 0 radical (unpaired) electrons. The standard InChI is InChI=1S/C15H23N5O2/c1-10-14(11(2)19-18-10)15(21)20-7-3-4-12(9-20)22-13-8-16-5-6-17-13/h5-6,8,10-12,14,18-19H,3-4,7,9H2,1-2H3. The molecule has 0 bridgehead atoms. The molecule has 0 spiro atoms. The summed E-state index contributed by atoms with van der Waals surface area (Å²) in [6, 6.07) is 0.285. The molecular weight excluding hydrogens is 282 g/mol. The van der Waals surface area contributed by atoms with Gasteiger partial charge in [0.15, 0.2) is 0 Å². The van der Waals surface area contributed by atoms with Crippen LogP contribution >= 0.6 is 0 Å². The van der Waals surface area contributed by atoms with E-state index < -0.39 is 0 Å². The first kappa shape index (κ1) is 15.2. The van der Waals surface area contributed by atoms with Gasteiger partial charge in [-0.15, -0.1) is 0 Å². The van der Waals surface area contributed by atoms with Crippen LogP contribution in [0.25, 0.3) is 0 Å². The molecule has 3 heterocycles. The molecule has 2 aliphatic rings. The van der Waals surface area contributed by atoms with Crippen molar-refractivity contribution in [3.05, 3.63) is 18.6 Å². The predicted molar refractivity (Wildman–Crippen MR) is 80.9 cm³/mol. The summed E-state index contributed by atoms with van der Waals surface area (Å²) in [4.78, 5) is 22.8. The summed E-state index contributed by atoms with van der Waals surface area (Å²) >= 11 is 0. The van der Waals surface area contributed by atoms with E-state index >= 15 is 0 Å². The van der Waals surface area contributed by atoms with Gasteiger partial charge in [0.2, 0.25) is 11.8 Å². The highest BCUT2D eigenvalue weighted by molar-refractivity contribution is 5.80. The summed E-state index contributed by atoms with van der Waals surface area (Å²) in [5.74, 6) is 0.688. The molecule has 2 saturated heterocycles. The molecule has 1 aromatic rings. The van der Waals surface area contributed by atoms with Gasteiger partial charge in [-0.3, -0.25) is 20.6 Å². The molecule has 3 unspecified atom stereocenters. The molecule has 1 amide bonds. The molecule has 2 fully saturated rings. The van der Waals surface area contributed by atoms with Gasteiger partial charge in [0.1, 0.15) is 6.10 Å². The lowest BCUT2D eigenvalue weighted by atomic mass is 9.94. The average molecular weight is 305 g/mol. The van der Waals surface area contributed by atoms with Crippen molar-refractivity contribution in [1.82, 2.24) is 25.7 Å². The number of nitrogens with one attached hydrogen (secondary N) is 2. The SMILES string of the molecule is CC1NNC(C)C1C(=O)N1CCCC(Oc2cnccn2)C1. The third kappa shape index (κ3) is 3.20. The highest BCUT2D eigenvalue weighted by Gasteiger charge is 2.39. The first-order valence-corrected chi connectivity index (χ1v) is 7.87. The summed E-state index contributed by atoms with van der Waals surface area (Å²) in [6.07, 6.45) is 6.71. The molecule has 2 N–H and O–H groups in total. The Morgan fingerprint density at radius 1 is 1.32 bits per heavy atom. The average Bonchev–Trinajstić information content (AvgIpc) is 2.87. The van der Waals surface area contributed by atoms with E-state index in [0.29, 0.717) is 12.4 Å². The number of amides is 1. The lowest BCUT2D eigenvalue weighted by Crippen LogP contribution is -2.49. The lowest BCUT2D eigenvalue weighted by Gasteiger charge is -2.35. The quantitative estimate of drug-likeness (QED) is 0.839. The van der Waals surface area contributed by atoms with Crippen LogP contribution in [0.5, 0.6) is 5.88 Å². The van der Waals surface area contributed by atoms with Crippen molar-refractivity contribution < 1.29 is 9.53 Å². The minimum atomic E-state index is -0.0322. The molecule has 1 aromatic heterocycles. The Balaban J connectivity index is 1.61. The minimum absolute atomic E-state index is 0.0117. The number of carbonyl (C=O) groups is 1. The second kappa shape index (κ2) is 6.58. The number of nitrogens with zero attached hydrogens (tertiary/aromatic N) is 3. The molecule has 0 aromatic carbocycles. The van der Waals surface area contributed by atoms with E-state index in [1.807, 2.05) is 18.7 Å². The maximum atomic E-state index is 12.8. The third-order valence-electron chi connectivity index (χ3n) is 4.42. The van der Waals surface area contributed by atoms with Gasteiger partial charge in [-0.1, -0.05) is 0 Å². The lowest BCUT2D eigenvalue weighted by molar-refractivity contribution is -0.138. The predicted octanol–water partition coefficient (Wildman–Crippen LogP) is 0.347. The van der Waals surface area contributed by atoms with Crippen LogP contribution in [0, 0.1) is 5.92 Å². The first-order chi connectivity index (χ1) is 10.6. The molecule has 0 aliphatic carbocycles. The number of piperidine rings is 1. The molecule has 7 heteroatoms. The summed E-state index contributed by atoms with van der Waals surface area (Å²) in [5, 5.41) is 0. The largest absolute Gasteiger partial charge is 0.471 e. The number of rotatable bonds is 3. The summed E-state index contributed by atoms with van der Waals surface area (Å²) < 4.78 is 5.85. The van der Waals surface area contributed by atoms with Gasteiger partial charge < -0.3 is 9.64 Å². The molecule has 2 aliphatic heterocycles. The van der Waals surface area contributed by atoms with Gasteiger partial charge in [0.05, 0.1) is 18.7 Å². The number of hydrazine groups is 1. The first-order valence-electron chi connectivity index (χ1n) is 7.87. The van der Waals surface area contributed by atoms with Crippen LogP contribution in [0.4, 0.5) is 0 Å². The van der Waals surface area contributed by atoms with Crippen molar-refractivity contribution in [3.8, 4) is 5.88 Å². The Labute approximate surface area is 130 Å². The van der Waals surface area contributed by atoms with Gasteiger partial charge >= 0.3 is 0 Å². The minimum Gasteiger partial charge on any atom is -0.471 e. The number of ether oxygens (including phenoxy) is 1. The molecule has 7 nitrogen and oxygen atoms in total. The van der Waals surface area contributed by atoms with E-state index in [-0.39, 0.29) is 30.0 Å². The van der Waals surface area contributed by atoms with Crippen molar-refractivity contribution in [2.45, 2.75) is 44.9 Å². The Hall–Kier alpha value is -1.73. The fraction of sp³-hybridized carbons (Fsp3) is 0.667. The van der Waals surface area contributed by atoms with Crippen LogP contribution < -0.4 is 15.6 Å². The molecule has 22 heavy (non-hydrogen) atoms. The highest BCUT2D eigenvalue weighted by Crippen LogP contribution is 2.22. The fourth-order valence-electron chi connectivity index (χ4n) is 3.27. The van der Waals surface area contributed by atoms with E-state index in [9.17, 15) is 4.79 Å². The Bertz CT molecular complexity index is 502. The molecule has 120 valence electrons. The summed E-state index contributed by atoms with van der Waals surface area (Å²) in [5.41, 5.74) is 6.29. The van der Waals surface area contributed by atoms with Gasteiger partial charge in [0, 0.05) is 31.0 Å². The van der Waals surface area contributed by atoms with E-state index in [1.165, 1.54) is 0 Å². The summed E-state index contributed by atoms with van der Waals surface area (Å²) in [6.45, 7) is 5.49. The third-order valence-corrected chi connectivity index (χ3v) is 4.42. The van der Waals surface area contributed by atoms with Crippen molar-refractivity contribution in [3.63, 3.8) is 0 Å². The van der Waals surface area contributed by atoms with Crippen molar-refractivity contribution in [1.29, 1.82) is 0 Å². The van der Waals surface area contributed by atoms with E-state index in [2.05, 4.69) is 20.8 Å². The van der Waals surface area contributed by atoms with Crippen LogP contribution in [-0.4, -0.2) is 52.1 Å². The Morgan fingerprint density at radius 3 is 2.77 bits per heavy atom. The smallest absolute Gasteiger partial charge is 0.232 e. The van der Waals surface area contributed by atoms with E-state index in [0.717, 1.165) is 19.4 Å². The second-order valence-corrected chi connectivity index (χ2v) is 6.10. The van der Waals surface area contributed by atoms with Gasteiger partial charge in [0.25, 0.3) is 0 Å². The topological polar surface area (TPSA) is 79.4 Å². The van der Waals surface area contributed by atoms with Crippen LogP contribution in [0.1, 0.15) is 26.7 Å². The number of carbonyl (C=O) groups excluding carboxylic acids is 1. The molecular formula is C15H23N5O2. The number of hydrogen-bond donors (Lipinski definition) is 2.